The van der Waals surface area contributed by atoms with Crippen LogP contribution in [0.4, 0.5) is 35.5 Å². The molecule has 1 fully saturated rings. The number of anilines is 3. The zero-order valence-corrected chi connectivity index (χ0v) is 29.6. The van der Waals surface area contributed by atoms with Crippen molar-refractivity contribution < 1.29 is 37.0 Å². The lowest BCUT2D eigenvalue weighted by atomic mass is 9.89. The number of benzene rings is 2. The Labute approximate surface area is 299 Å². The first-order valence-electron chi connectivity index (χ1n) is 16.9. The van der Waals surface area contributed by atoms with Crippen molar-refractivity contribution in [2.24, 2.45) is 11.3 Å². The van der Waals surface area contributed by atoms with Crippen LogP contribution in [0.1, 0.15) is 68.8 Å². The van der Waals surface area contributed by atoms with Gasteiger partial charge in [0.2, 0.25) is 11.9 Å². The molecule has 276 valence electrons. The minimum absolute atomic E-state index is 0.0460. The third-order valence-corrected chi connectivity index (χ3v) is 8.72. The van der Waals surface area contributed by atoms with Gasteiger partial charge in [-0.25, -0.2) is 4.79 Å². The van der Waals surface area contributed by atoms with Crippen molar-refractivity contribution in [2.75, 3.05) is 43.5 Å². The van der Waals surface area contributed by atoms with Crippen molar-refractivity contribution in [1.29, 1.82) is 0 Å². The first-order valence-corrected chi connectivity index (χ1v) is 17.3. The van der Waals surface area contributed by atoms with E-state index >= 15 is 0 Å². The number of ether oxygens (including phenoxy) is 3. The number of halogens is 4. The maximum Gasteiger partial charge on any atom is 0.422 e. The number of alkyl halides is 3. The number of hydrogen-bond acceptors (Lipinski definition) is 10. The molecule has 0 radical (unpaired) electrons. The molecule has 1 aromatic heterocycles. The van der Waals surface area contributed by atoms with E-state index in [0.717, 1.165) is 31.2 Å². The first kappa shape index (κ1) is 37.7. The van der Waals surface area contributed by atoms with Crippen LogP contribution >= 0.6 is 11.6 Å². The summed E-state index contributed by atoms with van der Waals surface area (Å²) < 4.78 is 55.4. The monoisotopic (exact) mass is 733 g/mol. The highest BCUT2D eigenvalue weighted by atomic mass is 35.5. The first-order chi connectivity index (χ1) is 24.2. The van der Waals surface area contributed by atoms with Crippen LogP contribution in [0.3, 0.4) is 0 Å². The van der Waals surface area contributed by atoms with Gasteiger partial charge in [-0.2, -0.15) is 28.1 Å². The summed E-state index contributed by atoms with van der Waals surface area (Å²) in [7, 11) is 0. The van der Waals surface area contributed by atoms with Crippen LogP contribution in [0, 0.1) is 11.3 Å². The fourth-order valence-electron chi connectivity index (χ4n) is 5.86. The second-order valence-corrected chi connectivity index (χ2v) is 14.1. The second-order valence-electron chi connectivity index (χ2n) is 13.7. The summed E-state index contributed by atoms with van der Waals surface area (Å²) >= 11 is 6.54. The van der Waals surface area contributed by atoms with Gasteiger partial charge in [0.25, 0.3) is 5.91 Å². The zero-order valence-electron chi connectivity index (χ0n) is 28.8. The fourth-order valence-corrected chi connectivity index (χ4v) is 6.12. The number of hydrogen-bond donors (Lipinski definition) is 3. The number of amides is 2. The van der Waals surface area contributed by atoms with Gasteiger partial charge in [-0.05, 0) is 79.0 Å². The van der Waals surface area contributed by atoms with Crippen LogP contribution in [-0.4, -0.2) is 77.0 Å². The van der Waals surface area contributed by atoms with Gasteiger partial charge in [0.1, 0.15) is 11.9 Å². The van der Waals surface area contributed by atoms with Gasteiger partial charge in [0, 0.05) is 37.4 Å². The molecule has 2 aromatic carbocycles. The van der Waals surface area contributed by atoms with Gasteiger partial charge < -0.3 is 35.1 Å². The third-order valence-electron chi connectivity index (χ3n) is 8.42. The van der Waals surface area contributed by atoms with Crippen LogP contribution in [0.15, 0.2) is 42.5 Å². The predicted octanol–water partition coefficient (Wildman–Crippen LogP) is 7.38. The van der Waals surface area contributed by atoms with Crippen LogP contribution in [0.25, 0.3) is 0 Å². The lowest BCUT2D eigenvalue weighted by Gasteiger charge is -2.34. The molecular weight excluding hydrogens is 691 g/mol. The average molecular weight is 734 g/mol. The highest BCUT2D eigenvalue weighted by Crippen LogP contribution is 2.29. The van der Waals surface area contributed by atoms with Crippen molar-refractivity contribution in [3.05, 3.63) is 58.6 Å². The molecule has 5 aliphatic rings. The van der Waals surface area contributed by atoms with Crippen molar-refractivity contribution in [1.82, 2.24) is 25.2 Å². The van der Waals surface area contributed by atoms with Gasteiger partial charge in [-0.15, -0.1) is 0 Å². The maximum atomic E-state index is 13.5. The quantitative estimate of drug-likeness (QED) is 0.250. The number of carbonyl (C=O) groups excluding carboxylic acids is 2. The minimum atomic E-state index is -4.60. The molecule has 1 aliphatic carbocycles. The molecule has 12 nitrogen and oxygen atoms in total. The summed E-state index contributed by atoms with van der Waals surface area (Å²) in [5.74, 6) is 0.499. The maximum absolute atomic E-state index is 13.5. The summed E-state index contributed by atoms with van der Waals surface area (Å²) in [5.41, 5.74) is 1.04. The molecule has 3 N–H and O–H groups in total. The standard InChI is InChI=1S/C35H43ClF3N7O5/c1-22-6-4-7-26(16-22)51-33(48)46-14-5-15-49-28-13-8-23(17-27(28)36)18-40-30-43-31(45-32(44-30)50-21-35(37,38)39)42-25-11-9-24(10-12-25)29(47)41-19-34(2,3)20-46/h8-13,17,22,26H,4-7,14-16,18-21H2,1-3H3,(H,41,47)(H2,40,42,43,44,45). The van der Waals surface area contributed by atoms with E-state index in [-0.39, 0.29) is 49.7 Å². The number of nitrogens with zero attached hydrogens (tertiary/aromatic N) is 4. The molecule has 51 heavy (non-hydrogen) atoms. The Kier molecular flexibility index (Phi) is 12.3. The highest BCUT2D eigenvalue weighted by molar-refractivity contribution is 6.32. The Bertz CT molecular complexity index is 1660. The summed E-state index contributed by atoms with van der Waals surface area (Å²) in [6.07, 6.45) is -0.764. The molecule has 0 spiro atoms. The van der Waals surface area contributed by atoms with Gasteiger partial charge in [0.05, 0.1) is 11.6 Å². The van der Waals surface area contributed by atoms with Crippen LogP contribution in [0.5, 0.6) is 11.8 Å². The molecule has 2 amide bonds. The molecular formula is C35H43ClF3N7O5. The van der Waals surface area contributed by atoms with E-state index in [1.807, 2.05) is 13.8 Å². The SMILES string of the molecule is CC1CCCC(OC(=O)N2CCCOc3ccc(cc3Cl)CNc3nc(nc(OCC(F)(F)F)n3)Nc3ccc(cc3)C(=O)NCC(C)(C)C2)C1. The largest absolute Gasteiger partial charge is 0.492 e. The minimum Gasteiger partial charge on any atom is -0.492 e. The molecule has 4 aliphatic heterocycles. The normalized spacial score (nSPS) is 20.2. The molecule has 2 atom stereocenters. The summed E-state index contributed by atoms with van der Waals surface area (Å²) in [6, 6.07) is 11.0. The van der Waals surface area contributed by atoms with Gasteiger partial charge >= 0.3 is 18.3 Å². The lowest BCUT2D eigenvalue weighted by molar-refractivity contribution is -0.154. The van der Waals surface area contributed by atoms with Crippen LogP contribution in [0.2, 0.25) is 5.02 Å². The molecule has 2 unspecified atom stereocenters. The Morgan fingerprint density at radius 1 is 1.06 bits per heavy atom. The third kappa shape index (κ3) is 11.8. The molecule has 0 saturated heterocycles. The topological polar surface area (TPSA) is 140 Å². The van der Waals surface area contributed by atoms with Gasteiger partial charge in [-0.1, -0.05) is 44.9 Å². The molecule has 6 bridgehead atoms. The van der Waals surface area contributed by atoms with E-state index in [9.17, 15) is 22.8 Å². The Hall–Kier alpha value is -4.53. The van der Waals surface area contributed by atoms with Crippen molar-refractivity contribution >= 4 is 41.2 Å². The van der Waals surface area contributed by atoms with Gasteiger partial charge in [0.15, 0.2) is 6.61 Å². The molecule has 1 saturated carbocycles. The van der Waals surface area contributed by atoms with E-state index in [0.29, 0.717) is 47.5 Å². The zero-order chi connectivity index (χ0) is 36.6. The van der Waals surface area contributed by atoms with E-state index in [2.05, 4.69) is 37.8 Å². The fraction of sp³-hybridized carbons (Fsp3) is 0.514. The lowest BCUT2D eigenvalue weighted by Crippen LogP contribution is -2.46. The van der Waals surface area contributed by atoms with E-state index in [1.54, 1.807) is 47.4 Å². The molecule has 5 heterocycles. The Morgan fingerprint density at radius 2 is 1.82 bits per heavy atom. The molecule has 3 aromatic rings. The number of aromatic nitrogens is 3. The van der Waals surface area contributed by atoms with Crippen molar-refractivity contribution in [3.63, 3.8) is 0 Å². The van der Waals surface area contributed by atoms with Crippen molar-refractivity contribution in [2.45, 2.75) is 71.7 Å². The van der Waals surface area contributed by atoms with E-state index in [1.165, 1.54) is 0 Å². The number of carbonyl (C=O) groups is 2. The van der Waals surface area contributed by atoms with Gasteiger partial charge in [-0.3, -0.25) is 4.79 Å². The van der Waals surface area contributed by atoms with Crippen LogP contribution in [-0.2, 0) is 11.3 Å². The second kappa shape index (κ2) is 16.7. The Morgan fingerprint density at radius 3 is 2.55 bits per heavy atom. The smallest absolute Gasteiger partial charge is 0.422 e. The van der Waals surface area contributed by atoms with E-state index < -0.39 is 24.2 Å². The number of nitrogens with one attached hydrogen (secondary N) is 3. The van der Waals surface area contributed by atoms with Crippen molar-refractivity contribution in [3.8, 4) is 11.8 Å². The predicted molar refractivity (Wildman–Crippen MR) is 186 cm³/mol. The number of rotatable bonds is 3. The summed E-state index contributed by atoms with van der Waals surface area (Å²) in [5, 5.41) is 9.19. The summed E-state index contributed by atoms with van der Waals surface area (Å²) in [4.78, 5) is 40.5. The van der Waals surface area contributed by atoms with Crippen LogP contribution < -0.4 is 25.4 Å². The average Bonchev–Trinajstić information content (AvgIpc) is 3.07. The van der Waals surface area contributed by atoms with E-state index in [4.69, 9.17) is 25.8 Å². The Balaban J connectivity index is 1.36. The molecule has 8 rings (SSSR count). The molecule has 16 heteroatoms. The summed E-state index contributed by atoms with van der Waals surface area (Å²) in [6.45, 7) is 5.94. The highest BCUT2D eigenvalue weighted by Gasteiger charge is 2.31.